The third kappa shape index (κ3) is 4.16. The minimum absolute atomic E-state index is 0.126. The van der Waals surface area contributed by atoms with Gasteiger partial charge in [0.1, 0.15) is 11.9 Å². The molecule has 2 amide bonds. The van der Waals surface area contributed by atoms with E-state index >= 15 is 0 Å². The Hall–Kier alpha value is -2.89. The average molecular weight is 380 g/mol. The molecule has 0 aliphatic carbocycles. The van der Waals surface area contributed by atoms with Gasteiger partial charge in [0.25, 0.3) is 5.91 Å². The first-order valence-electron chi connectivity index (χ1n) is 9.79. The lowest BCUT2D eigenvalue weighted by Crippen LogP contribution is -2.51. The first-order valence-corrected chi connectivity index (χ1v) is 9.79. The highest BCUT2D eigenvalue weighted by Gasteiger charge is 2.33. The summed E-state index contributed by atoms with van der Waals surface area (Å²) in [4.78, 5) is 33.8. The van der Waals surface area contributed by atoms with Gasteiger partial charge in [-0.3, -0.25) is 14.5 Å². The summed E-state index contributed by atoms with van der Waals surface area (Å²) in [6.07, 6.45) is 3.92. The molecule has 1 aromatic carbocycles. The van der Waals surface area contributed by atoms with Gasteiger partial charge in [-0.2, -0.15) is 0 Å². The Morgan fingerprint density at radius 3 is 2.39 bits per heavy atom. The minimum Gasteiger partial charge on any atom is -0.368 e. The third-order valence-electron chi connectivity index (χ3n) is 5.12. The van der Waals surface area contributed by atoms with E-state index in [1.807, 2.05) is 51.1 Å². The normalized spacial score (nSPS) is 14.9. The number of rotatable bonds is 6. The number of hydrogen-bond acceptors (Lipinski definition) is 4. The van der Waals surface area contributed by atoms with E-state index in [1.165, 1.54) is 4.90 Å². The number of nitrogens with zero attached hydrogens (tertiary/aromatic N) is 3. The number of hydrogen-bond donors (Lipinski definition) is 1. The number of amides is 2. The molecule has 0 bridgehead atoms. The van der Waals surface area contributed by atoms with Gasteiger partial charge in [0.15, 0.2) is 0 Å². The van der Waals surface area contributed by atoms with E-state index < -0.39 is 11.9 Å². The van der Waals surface area contributed by atoms with Crippen LogP contribution >= 0.6 is 0 Å². The Morgan fingerprint density at radius 2 is 1.86 bits per heavy atom. The van der Waals surface area contributed by atoms with Crippen molar-refractivity contribution in [3.8, 4) is 0 Å². The van der Waals surface area contributed by atoms with Gasteiger partial charge in [-0.15, -0.1) is 0 Å². The van der Waals surface area contributed by atoms with E-state index in [2.05, 4.69) is 9.88 Å². The third-order valence-corrected chi connectivity index (χ3v) is 5.12. The van der Waals surface area contributed by atoms with E-state index in [-0.39, 0.29) is 11.8 Å². The molecule has 1 saturated heterocycles. The van der Waals surface area contributed by atoms with Crippen LogP contribution in [0.5, 0.6) is 0 Å². The van der Waals surface area contributed by atoms with Gasteiger partial charge in [-0.1, -0.05) is 26.0 Å². The molecular weight excluding hydrogens is 352 g/mol. The molecule has 1 atom stereocenters. The highest BCUT2D eigenvalue weighted by molar-refractivity contribution is 6.09. The second kappa shape index (κ2) is 8.42. The van der Waals surface area contributed by atoms with Crippen molar-refractivity contribution in [3.05, 3.63) is 53.7 Å². The van der Waals surface area contributed by atoms with Gasteiger partial charge in [0, 0.05) is 25.0 Å². The SMILES string of the molecule is Cc1cccc(N(C(=O)c2ccc(N3CCCC3)nc2)C(C(N)=O)C(C)C)c1. The Bertz CT molecular complexity index is 842. The minimum atomic E-state index is -0.743. The molecule has 0 spiro atoms. The smallest absolute Gasteiger partial charge is 0.260 e. The van der Waals surface area contributed by atoms with Gasteiger partial charge < -0.3 is 10.6 Å². The van der Waals surface area contributed by atoms with E-state index in [0.29, 0.717) is 11.3 Å². The summed E-state index contributed by atoms with van der Waals surface area (Å²) in [5.74, 6) is -0.0414. The van der Waals surface area contributed by atoms with Gasteiger partial charge in [-0.05, 0) is 55.5 Å². The van der Waals surface area contributed by atoms with Crippen LogP contribution in [-0.2, 0) is 4.79 Å². The van der Waals surface area contributed by atoms with Crippen molar-refractivity contribution < 1.29 is 9.59 Å². The van der Waals surface area contributed by atoms with Crippen LogP contribution in [0, 0.1) is 12.8 Å². The van der Waals surface area contributed by atoms with Crippen molar-refractivity contribution in [1.29, 1.82) is 0 Å². The molecule has 1 aliphatic heterocycles. The van der Waals surface area contributed by atoms with Crippen LogP contribution in [0.1, 0.15) is 42.6 Å². The number of carbonyl (C=O) groups excluding carboxylic acids is 2. The summed E-state index contributed by atoms with van der Waals surface area (Å²) in [5.41, 5.74) is 7.79. The van der Waals surface area contributed by atoms with Crippen molar-refractivity contribution in [1.82, 2.24) is 4.98 Å². The van der Waals surface area contributed by atoms with Gasteiger partial charge >= 0.3 is 0 Å². The lowest BCUT2D eigenvalue weighted by Gasteiger charge is -2.32. The summed E-state index contributed by atoms with van der Waals surface area (Å²) < 4.78 is 0. The first-order chi connectivity index (χ1) is 13.4. The maximum absolute atomic E-state index is 13.4. The molecular formula is C22H28N4O2. The van der Waals surface area contributed by atoms with Crippen LogP contribution in [0.2, 0.25) is 0 Å². The average Bonchev–Trinajstić information content (AvgIpc) is 3.19. The molecule has 3 rings (SSSR count). The summed E-state index contributed by atoms with van der Waals surface area (Å²) in [6.45, 7) is 7.72. The number of aromatic nitrogens is 1. The molecule has 1 unspecified atom stereocenters. The number of primary amides is 1. The molecule has 1 fully saturated rings. The number of carbonyl (C=O) groups is 2. The summed E-state index contributed by atoms with van der Waals surface area (Å²) in [7, 11) is 0. The predicted octanol–water partition coefficient (Wildman–Crippen LogP) is 3.15. The van der Waals surface area contributed by atoms with Crippen molar-refractivity contribution in [3.63, 3.8) is 0 Å². The quantitative estimate of drug-likeness (QED) is 0.835. The molecule has 0 saturated carbocycles. The molecule has 6 heteroatoms. The Kier molecular flexibility index (Phi) is 5.97. The standard InChI is InChI=1S/C22H28N4O2/c1-15(2)20(21(23)27)26(18-8-6-7-16(3)13-18)22(28)17-9-10-19(24-14-17)25-11-4-5-12-25/h6-10,13-15,20H,4-5,11-12H2,1-3H3,(H2,23,27). The fourth-order valence-electron chi connectivity index (χ4n) is 3.72. The molecule has 2 heterocycles. The topological polar surface area (TPSA) is 79.5 Å². The molecule has 0 radical (unpaired) electrons. The molecule has 28 heavy (non-hydrogen) atoms. The van der Waals surface area contributed by atoms with Crippen LogP contribution in [0.15, 0.2) is 42.6 Å². The lowest BCUT2D eigenvalue weighted by atomic mass is 9.99. The summed E-state index contributed by atoms with van der Waals surface area (Å²) in [6, 6.07) is 10.5. The predicted molar refractivity (Wildman–Crippen MR) is 111 cm³/mol. The zero-order valence-electron chi connectivity index (χ0n) is 16.8. The van der Waals surface area contributed by atoms with Crippen LogP contribution < -0.4 is 15.5 Å². The number of nitrogens with two attached hydrogens (primary N) is 1. The molecule has 2 N–H and O–H groups in total. The Labute approximate surface area is 166 Å². The van der Waals surface area contributed by atoms with Crippen molar-refractivity contribution in [2.45, 2.75) is 39.7 Å². The van der Waals surface area contributed by atoms with Gasteiger partial charge in [-0.25, -0.2) is 4.98 Å². The van der Waals surface area contributed by atoms with Crippen molar-refractivity contribution in [2.75, 3.05) is 22.9 Å². The molecule has 148 valence electrons. The van der Waals surface area contributed by atoms with E-state index in [4.69, 9.17) is 5.73 Å². The second-order valence-electron chi connectivity index (χ2n) is 7.70. The number of pyridine rings is 1. The maximum Gasteiger partial charge on any atom is 0.260 e. The van der Waals surface area contributed by atoms with E-state index in [1.54, 1.807) is 12.3 Å². The van der Waals surface area contributed by atoms with Gasteiger partial charge in [0.05, 0.1) is 5.56 Å². The number of benzene rings is 1. The van der Waals surface area contributed by atoms with Gasteiger partial charge in [0.2, 0.25) is 5.91 Å². The molecule has 1 aromatic heterocycles. The van der Waals surface area contributed by atoms with Crippen LogP contribution in [0.4, 0.5) is 11.5 Å². The van der Waals surface area contributed by atoms with Crippen LogP contribution in [0.3, 0.4) is 0 Å². The van der Waals surface area contributed by atoms with Crippen LogP contribution in [0.25, 0.3) is 0 Å². The fourth-order valence-corrected chi connectivity index (χ4v) is 3.72. The highest BCUT2D eigenvalue weighted by Crippen LogP contribution is 2.25. The zero-order chi connectivity index (χ0) is 20.3. The molecule has 1 aliphatic rings. The molecule has 6 nitrogen and oxygen atoms in total. The highest BCUT2D eigenvalue weighted by atomic mass is 16.2. The fraction of sp³-hybridized carbons (Fsp3) is 0.409. The Morgan fingerprint density at radius 1 is 1.14 bits per heavy atom. The zero-order valence-corrected chi connectivity index (χ0v) is 16.8. The maximum atomic E-state index is 13.4. The largest absolute Gasteiger partial charge is 0.368 e. The first kappa shape index (κ1) is 19.9. The van der Waals surface area contributed by atoms with E-state index in [9.17, 15) is 9.59 Å². The Balaban J connectivity index is 1.97. The second-order valence-corrected chi connectivity index (χ2v) is 7.70. The summed E-state index contributed by atoms with van der Waals surface area (Å²) in [5, 5.41) is 0. The summed E-state index contributed by atoms with van der Waals surface area (Å²) >= 11 is 0. The lowest BCUT2D eigenvalue weighted by molar-refractivity contribution is -0.120. The van der Waals surface area contributed by atoms with Crippen molar-refractivity contribution in [2.24, 2.45) is 11.7 Å². The van der Waals surface area contributed by atoms with E-state index in [0.717, 1.165) is 37.3 Å². The van der Waals surface area contributed by atoms with Crippen molar-refractivity contribution >= 4 is 23.3 Å². The number of anilines is 2. The monoisotopic (exact) mass is 380 g/mol. The molecule has 2 aromatic rings. The number of aryl methyl sites for hydroxylation is 1. The van der Waals surface area contributed by atoms with Crippen LogP contribution in [-0.4, -0.2) is 35.9 Å².